The number of phenols is 1. The summed E-state index contributed by atoms with van der Waals surface area (Å²) in [5.74, 6) is -0.710. The van der Waals surface area contributed by atoms with Gasteiger partial charge in [-0.05, 0) is 6.07 Å². The number of phenolic OH excluding ortho intramolecular Hbond substituents is 1. The summed E-state index contributed by atoms with van der Waals surface area (Å²) in [5, 5.41) is 8.97. The van der Waals surface area contributed by atoms with Crippen molar-refractivity contribution < 1.29 is 93.0 Å². The minimum Gasteiger partial charge on any atom is -1.00 e. The van der Waals surface area contributed by atoms with E-state index < -0.39 is 35.8 Å². The molecule has 0 heterocycles. The van der Waals surface area contributed by atoms with E-state index >= 15 is 0 Å². The molecule has 11 heteroatoms. The molecule has 0 aliphatic rings. The molecule has 3 N–H and O–H groups in total. The van der Waals surface area contributed by atoms with Crippen molar-refractivity contribution in [3.63, 3.8) is 0 Å². The molecule has 0 radical (unpaired) electrons. The minimum absolute atomic E-state index is 0. The fraction of sp³-hybridized carbons (Fsp3) is 0. The maximum Gasteiger partial charge on any atom is 1.00 e. The van der Waals surface area contributed by atoms with Gasteiger partial charge in [-0.1, -0.05) is 0 Å². The Morgan fingerprint density at radius 3 is 1.35 bits per heavy atom. The normalized spacial score (nSPS) is 11.2. The second-order valence-corrected chi connectivity index (χ2v) is 5.46. The molecule has 0 saturated heterocycles. The Morgan fingerprint density at radius 1 is 0.824 bits per heavy atom. The van der Waals surface area contributed by atoms with Gasteiger partial charge >= 0.3 is 59.1 Å². The first-order valence-corrected chi connectivity index (χ1v) is 6.28. The molecule has 0 aliphatic carbocycles. The van der Waals surface area contributed by atoms with E-state index in [1.54, 1.807) is 0 Å². The maximum absolute atomic E-state index is 10.6. The predicted octanol–water partition coefficient (Wildman–Crippen LogP) is -5.88. The van der Waals surface area contributed by atoms with Crippen LogP contribution in [0.3, 0.4) is 0 Å². The molecule has 17 heavy (non-hydrogen) atoms. The first kappa shape index (κ1) is 20.2. The van der Waals surface area contributed by atoms with Crippen LogP contribution in [0.25, 0.3) is 0 Å². The first-order chi connectivity index (χ1) is 6.60. The van der Waals surface area contributed by atoms with Crippen molar-refractivity contribution in [3.8, 4) is 5.75 Å². The second-order valence-electron chi connectivity index (χ2n) is 2.61. The molecule has 0 aliphatic heterocycles. The van der Waals surface area contributed by atoms with Gasteiger partial charge in [0.2, 0.25) is 0 Å². The molecule has 88 valence electrons. The minimum atomic E-state index is -4.64. The zero-order chi connectivity index (χ0) is 11.9. The Morgan fingerprint density at radius 2 is 1.12 bits per heavy atom. The third kappa shape index (κ3) is 6.01. The van der Waals surface area contributed by atoms with E-state index in [-0.39, 0.29) is 62.0 Å². The van der Waals surface area contributed by atoms with Crippen molar-refractivity contribution in [2.45, 2.75) is 9.79 Å². The molecule has 0 aromatic heterocycles. The van der Waals surface area contributed by atoms with Crippen molar-refractivity contribution in [2.75, 3.05) is 0 Å². The van der Waals surface area contributed by atoms with E-state index in [4.69, 9.17) is 14.2 Å². The molecule has 1 aromatic carbocycles. The Hall–Kier alpha value is 0.840. The Labute approximate surface area is 145 Å². The molecule has 0 spiro atoms. The van der Waals surface area contributed by atoms with E-state index in [1.807, 2.05) is 0 Å². The summed E-state index contributed by atoms with van der Waals surface area (Å²) in [6.07, 6.45) is 0. The molecule has 0 amide bonds. The van der Waals surface area contributed by atoms with Crippen molar-refractivity contribution in [1.29, 1.82) is 0 Å². The first-order valence-electron chi connectivity index (χ1n) is 3.40. The monoisotopic (exact) mass is 302 g/mol. The van der Waals surface area contributed by atoms with Gasteiger partial charge in [-0.15, -0.1) is 0 Å². The molecular formula is C6H8Na2O7S2. The molecule has 0 atom stereocenters. The van der Waals surface area contributed by atoms with Crippen LogP contribution in [-0.4, -0.2) is 31.0 Å². The van der Waals surface area contributed by atoms with Gasteiger partial charge in [0.1, 0.15) is 5.75 Å². The summed E-state index contributed by atoms with van der Waals surface area (Å²) < 4.78 is 59.7. The molecule has 7 nitrogen and oxygen atoms in total. The van der Waals surface area contributed by atoms with Crippen molar-refractivity contribution in [2.24, 2.45) is 0 Å². The van der Waals surface area contributed by atoms with Crippen LogP contribution in [0, 0.1) is 0 Å². The number of aromatic hydroxyl groups is 1. The average Bonchev–Trinajstić information content (AvgIpc) is 1.99. The number of hydrogen-bond acceptors (Lipinski definition) is 5. The average molecular weight is 302 g/mol. The smallest absolute Gasteiger partial charge is 1.00 e. The van der Waals surface area contributed by atoms with Crippen LogP contribution < -0.4 is 59.1 Å². The van der Waals surface area contributed by atoms with Crippen molar-refractivity contribution in [3.05, 3.63) is 18.2 Å². The second kappa shape index (κ2) is 6.85. The van der Waals surface area contributed by atoms with Crippen LogP contribution in [0.2, 0.25) is 0 Å². The van der Waals surface area contributed by atoms with Gasteiger partial charge < -0.3 is 7.96 Å². The number of hydrogen-bond donors (Lipinski definition) is 3. The van der Waals surface area contributed by atoms with Crippen molar-refractivity contribution in [1.82, 2.24) is 0 Å². The quantitative estimate of drug-likeness (QED) is 0.366. The fourth-order valence-corrected chi connectivity index (χ4v) is 2.02. The topological polar surface area (TPSA) is 129 Å². The Kier molecular flexibility index (Phi) is 8.12. The van der Waals surface area contributed by atoms with Crippen LogP contribution >= 0.6 is 0 Å². The molecule has 0 fully saturated rings. The summed E-state index contributed by atoms with van der Waals surface area (Å²) in [7, 11) is -9.29. The summed E-state index contributed by atoms with van der Waals surface area (Å²) >= 11 is 0. The largest absolute Gasteiger partial charge is 1.00 e. The fourth-order valence-electron chi connectivity index (χ4n) is 0.855. The summed E-state index contributed by atoms with van der Waals surface area (Å²) in [5.41, 5.74) is 0. The molecular weight excluding hydrogens is 294 g/mol. The zero-order valence-corrected chi connectivity index (χ0v) is 14.7. The van der Waals surface area contributed by atoms with E-state index in [0.717, 1.165) is 0 Å². The molecule has 1 rings (SSSR count). The Bertz CT molecular complexity index is 552. The van der Waals surface area contributed by atoms with Gasteiger partial charge in [0, 0.05) is 12.1 Å². The van der Waals surface area contributed by atoms with Crippen LogP contribution in [0.1, 0.15) is 2.85 Å². The van der Waals surface area contributed by atoms with Gasteiger partial charge in [0.15, 0.2) is 0 Å². The standard InChI is InChI=1S/C6H6O7S2.2Na.2H/c7-4-1-5(14(8,9)10)3-6(2-4)15(11,12)13;;;;/h1-3,7H,(H,8,9,10)(H,11,12,13);;;;/q;2*+1;2*-1. The third-order valence-corrected chi connectivity index (χ3v) is 3.12. The van der Waals surface area contributed by atoms with E-state index in [2.05, 4.69) is 0 Å². The summed E-state index contributed by atoms with van der Waals surface area (Å²) in [6.45, 7) is 0. The van der Waals surface area contributed by atoms with Crippen LogP contribution in [0.4, 0.5) is 0 Å². The van der Waals surface area contributed by atoms with Gasteiger partial charge in [-0.2, -0.15) is 16.8 Å². The van der Waals surface area contributed by atoms with Gasteiger partial charge in [-0.3, -0.25) is 9.11 Å². The van der Waals surface area contributed by atoms with E-state index in [1.165, 1.54) is 0 Å². The maximum atomic E-state index is 10.6. The third-order valence-electron chi connectivity index (χ3n) is 1.46. The summed E-state index contributed by atoms with van der Waals surface area (Å²) in [6, 6.07) is 1.80. The van der Waals surface area contributed by atoms with E-state index in [0.29, 0.717) is 18.2 Å². The van der Waals surface area contributed by atoms with Gasteiger partial charge in [-0.25, -0.2) is 0 Å². The Balaban J connectivity index is -0.000000281. The van der Waals surface area contributed by atoms with Crippen LogP contribution in [-0.2, 0) is 20.2 Å². The van der Waals surface area contributed by atoms with Crippen LogP contribution in [0.5, 0.6) is 5.75 Å². The number of rotatable bonds is 2. The molecule has 0 saturated carbocycles. The summed E-state index contributed by atoms with van der Waals surface area (Å²) in [4.78, 5) is -1.65. The van der Waals surface area contributed by atoms with E-state index in [9.17, 15) is 16.8 Å². The van der Waals surface area contributed by atoms with Gasteiger partial charge in [0.25, 0.3) is 20.2 Å². The SMILES string of the molecule is O=S(=O)(O)c1cc(O)cc(S(=O)(=O)O)c1.[H-].[H-].[Na+].[Na+]. The van der Waals surface area contributed by atoms with Crippen molar-refractivity contribution >= 4 is 20.2 Å². The molecule has 0 unspecified atom stereocenters. The predicted molar refractivity (Wildman–Crippen MR) is 50.0 cm³/mol. The zero-order valence-electron chi connectivity index (χ0n) is 11.0. The number of benzene rings is 1. The van der Waals surface area contributed by atoms with Gasteiger partial charge in [0.05, 0.1) is 9.79 Å². The molecule has 1 aromatic rings. The van der Waals surface area contributed by atoms with Crippen LogP contribution in [0.15, 0.2) is 28.0 Å². The molecule has 0 bridgehead atoms.